The molecule has 0 bridgehead atoms. The van der Waals surface area contributed by atoms with Gasteiger partial charge in [-0.05, 0) is 23.1 Å². The minimum Gasteiger partial charge on any atom is -0.469 e. The number of esters is 2. The summed E-state index contributed by atoms with van der Waals surface area (Å²) in [7, 11) is 1.26. The highest BCUT2D eigenvalue weighted by atomic mass is 16.5. The molecular weight excluding hydrogens is 424 g/mol. The van der Waals surface area contributed by atoms with E-state index in [4.69, 9.17) is 9.47 Å². The van der Waals surface area contributed by atoms with Crippen molar-refractivity contribution in [1.29, 1.82) is 0 Å². The number of β-lactam (4-membered cyclic amide) rings is 1. The second kappa shape index (κ2) is 9.68. The van der Waals surface area contributed by atoms with E-state index in [1.807, 2.05) is 60.7 Å². The lowest BCUT2D eigenvalue weighted by molar-refractivity contribution is -0.155. The molecule has 0 spiro atoms. The Labute approximate surface area is 191 Å². The molecule has 2 amide bonds. The first-order valence-corrected chi connectivity index (χ1v) is 10.6. The number of rotatable bonds is 8. The zero-order valence-electron chi connectivity index (χ0n) is 18.2. The van der Waals surface area contributed by atoms with Gasteiger partial charge in [0.2, 0.25) is 5.91 Å². The van der Waals surface area contributed by atoms with E-state index >= 15 is 0 Å². The Balaban J connectivity index is 1.45. The van der Waals surface area contributed by atoms with Gasteiger partial charge in [-0.15, -0.1) is 0 Å². The fourth-order valence-electron chi connectivity index (χ4n) is 4.15. The molecule has 0 unspecified atom stereocenters. The summed E-state index contributed by atoms with van der Waals surface area (Å²) < 4.78 is 10.2. The number of nitrogens with zero attached hydrogens (tertiary/aromatic N) is 1. The van der Waals surface area contributed by atoms with Crippen molar-refractivity contribution >= 4 is 23.8 Å². The molecule has 0 saturated carbocycles. The van der Waals surface area contributed by atoms with Crippen LogP contribution in [-0.4, -0.2) is 47.8 Å². The summed E-state index contributed by atoms with van der Waals surface area (Å²) >= 11 is 0. The van der Waals surface area contributed by atoms with Crippen molar-refractivity contribution in [2.45, 2.75) is 38.0 Å². The van der Waals surface area contributed by atoms with Gasteiger partial charge in [-0.1, -0.05) is 60.7 Å². The standard InChI is InChI=1S/C25H24N2O6/c1-32-21(29)14-18-13-19-22(26-20(28)12-16-8-4-2-5-9-16)24(30)27(19)23(18)25(31)33-15-17-10-6-3-7-11-17/h2-11,19,22H,12-15H2,1H3,(H,26,28)/t19-,22+/m0/s1. The number of nitrogens with one attached hydrogen (secondary N) is 1. The van der Waals surface area contributed by atoms with E-state index in [0.29, 0.717) is 5.57 Å². The van der Waals surface area contributed by atoms with Crippen molar-refractivity contribution in [3.05, 3.63) is 83.1 Å². The lowest BCUT2D eigenvalue weighted by Gasteiger charge is -2.43. The number of methoxy groups -OCH3 is 1. The summed E-state index contributed by atoms with van der Waals surface area (Å²) in [6.07, 6.45) is 0.301. The topological polar surface area (TPSA) is 102 Å². The van der Waals surface area contributed by atoms with Gasteiger partial charge in [0.05, 0.1) is 26.0 Å². The molecule has 2 aliphatic heterocycles. The number of hydrogen-bond acceptors (Lipinski definition) is 6. The minimum atomic E-state index is -0.756. The zero-order valence-corrected chi connectivity index (χ0v) is 18.2. The van der Waals surface area contributed by atoms with E-state index in [1.165, 1.54) is 12.0 Å². The summed E-state index contributed by atoms with van der Waals surface area (Å²) in [5, 5.41) is 2.77. The van der Waals surface area contributed by atoms with Crippen LogP contribution in [0, 0.1) is 0 Å². The smallest absolute Gasteiger partial charge is 0.355 e. The summed E-state index contributed by atoms with van der Waals surface area (Å²) in [5.74, 6) is -1.87. The van der Waals surface area contributed by atoms with Gasteiger partial charge >= 0.3 is 11.9 Å². The van der Waals surface area contributed by atoms with Crippen molar-refractivity contribution in [2.24, 2.45) is 0 Å². The first-order chi connectivity index (χ1) is 16.0. The lowest BCUT2D eigenvalue weighted by atomic mass is 9.93. The number of carbonyl (C=O) groups excluding carboxylic acids is 4. The van der Waals surface area contributed by atoms with Crippen LogP contribution in [-0.2, 0) is 41.7 Å². The molecule has 1 fully saturated rings. The average molecular weight is 448 g/mol. The van der Waals surface area contributed by atoms with Gasteiger partial charge in [-0.3, -0.25) is 19.3 Å². The van der Waals surface area contributed by atoms with Gasteiger partial charge in [0.25, 0.3) is 5.91 Å². The molecule has 1 N–H and O–H groups in total. The van der Waals surface area contributed by atoms with E-state index in [-0.39, 0.29) is 37.5 Å². The summed E-state index contributed by atoms with van der Waals surface area (Å²) in [4.78, 5) is 51.5. The van der Waals surface area contributed by atoms with E-state index in [1.54, 1.807) is 0 Å². The Kier molecular flexibility index (Phi) is 6.53. The summed E-state index contributed by atoms with van der Waals surface area (Å²) in [6, 6.07) is 17.2. The van der Waals surface area contributed by atoms with Crippen LogP contribution in [0.5, 0.6) is 0 Å². The molecule has 33 heavy (non-hydrogen) atoms. The molecular formula is C25H24N2O6. The third-order valence-electron chi connectivity index (χ3n) is 5.77. The highest BCUT2D eigenvalue weighted by Gasteiger charge is 2.56. The lowest BCUT2D eigenvalue weighted by Crippen LogP contribution is -2.68. The van der Waals surface area contributed by atoms with Crippen LogP contribution >= 0.6 is 0 Å². The minimum absolute atomic E-state index is 0.0403. The molecule has 4 rings (SSSR count). The van der Waals surface area contributed by atoms with Crippen molar-refractivity contribution in [3.63, 3.8) is 0 Å². The van der Waals surface area contributed by atoms with E-state index in [9.17, 15) is 19.2 Å². The number of ether oxygens (including phenoxy) is 2. The van der Waals surface area contributed by atoms with Crippen LogP contribution in [0.25, 0.3) is 0 Å². The van der Waals surface area contributed by atoms with Crippen molar-refractivity contribution in [3.8, 4) is 0 Å². The summed E-state index contributed by atoms with van der Waals surface area (Å²) in [5.41, 5.74) is 2.18. The second-order valence-electron chi connectivity index (χ2n) is 7.95. The van der Waals surface area contributed by atoms with Gasteiger partial charge in [0.1, 0.15) is 18.3 Å². The Morgan fingerprint density at radius 2 is 1.61 bits per heavy atom. The maximum Gasteiger partial charge on any atom is 0.355 e. The molecule has 0 aromatic heterocycles. The average Bonchev–Trinajstić information content (AvgIpc) is 3.17. The van der Waals surface area contributed by atoms with Crippen molar-refractivity contribution < 1.29 is 28.7 Å². The molecule has 2 heterocycles. The monoisotopic (exact) mass is 448 g/mol. The SMILES string of the molecule is COC(=O)CC1=C(C(=O)OCc2ccccc2)N2C(=O)[C@H](NC(=O)Cc3ccccc3)[C@@H]2C1. The van der Waals surface area contributed by atoms with Crippen LogP contribution in [0.15, 0.2) is 71.9 Å². The maximum atomic E-state index is 12.9. The van der Waals surface area contributed by atoms with Crippen LogP contribution in [0.4, 0.5) is 0 Å². The summed E-state index contributed by atoms with van der Waals surface area (Å²) in [6.45, 7) is 0.0403. The Morgan fingerprint density at radius 1 is 0.970 bits per heavy atom. The zero-order chi connectivity index (χ0) is 23.4. The van der Waals surface area contributed by atoms with Crippen LogP contribution in [0.1, 0.15) is 24.0 Å². The van der Waals surface area contributed by atoms with Gasteiger partial charge in [0.15, 0.2) is 0 Å². The van der Waals surface area contributed by atoms with Gasteiger partial charge in [0, 0.05) is 0 Å². The third kappa shape index (κ3) is 4.79. The molecule has 2 aromatic rings. The maximum absolute atomic E-state index is 12.9. The highest BCUT2D eigenvalue weighted by molar-refractivity contribution is 6.03. The van der Waals surface area contributed by atoms with Crippen molar-refractivity contribution in [2.75, 3.05) is 7.11 Å². The predicted molar refractivity (Wildman–Crippen MR) is 117 cm³/mol. The molecule has 0 radical (unpaired) electrons. The molecule has 2 aromatic carbocycles. The van der Waals surface area contributed by atoms with Crippen LogP contribution in [0.3, 0.4) is 0 Å². The number of benzene rings is 2. The first-order valence-electron chi connectivity index (χ1n) is 10.6. The molecule has 1 saturated heterocycles. The molecule has 8 nitrogen and oxygen atoms in total. The van der Waals surface area contributed by atoms with Gasteiger partial charge < -0.3 is 14.8 Å². The van der Waals surface area contributed by atoms with Gasteiger partial charge in [-0.2, -0.15) is 0 Å². The third-order valence-corrected chi connectivity index (χ3v) is 5.77. The van der Waals surface area contributed by atoms with E-state index in [0.717, 1.165) is 11.1 Å². The molecule has 2 aliphatic rings. The largest absolute Gasteiger partial charge is 0.469 e. The highest BCUT2D eigenvalue weighted by Crippen LogP contribution is 2.40. The fourth-order valence-corrected chi connectivity index (χ4v) is 4.15. The second-order valence-corrected chi connectivity index (χ2v) is 7.95. The number of hydrogen-bond donors (Lipinski definition) is 1. The van der Waals surface area contributed by atoms with Crippen molar-refractivity contribution in [1.82, 2.24) is 10.2 Å². The Bertz CT molecular complexity index is 1100. The number of carbonyl (C=O) groups is 4. The van der Waals surface area contributed by atoms with Crippen LogP contribution in [0.2, 0.25) is 0 Å². The quantitative estimate of drug-likeness (QED) is 0.489. The number of fused-ring (bicyclic) bond motifs is 1. The Hall–Kier alpha value is -3.94. The normalized spacial score (nSPS) is 18.9. The first kappa shape index (κ1) is 22.3. The molecule has 0 aliphatic carbocycles. The molecule has 2 atom stereocenters. The fraction of sp³-hybridized carbons (Fsp3) is 0.280. The number of amides is 2. The van der Waals surface area contributed by atoms with E-state index < -0.39 is 29.9 Å². The molecule has 170 valence electrons. The van der Waals surface area contributed by atoms with Crippen LogP contribution < -0.4 is 5.32 Å². The Morgan fingerprint density at radius 3 is 2.24 bits per heavy atom. The van der Waals surface area contributed by atoms with Gasteiger partial charge in [-0.25, -0.2) is 4.79 Å². The van der Waals surface area contributed by atoms with E-state index in [2.05, 4.69) is 5.32 Å². The predicted octanol–water partition coefficient (Wildman–Crippen LogP) is 1.89. The molecule has 8 heteroatoms.